The number of nitrogens with zero attached hydrogens (tertiary/aromatic N) is 1. The second-order valence-electron chi connectivity index (χ2n) is 3.64. The number of aliphatic hydroxyl groups is 1. The molecule has 0 saturated carbocycles. The van der Waals surface area contributed by atoms with Crippen molar-refractivity contribution in [2.24, 2.45) is 0 Å². The van der Waals surface area contributed by atoms with Gasteiger partial charge in [-0.3, -0.25) is 9.69 Å². The zero-order valence-corrected chi connectivity index (χ0v) is 9.64. The van der Waals surface area contributed by atoms with Gasteiger partial charge >= 0.3 is 5.97 Å². The molecule has 0 fully saturated rings. The van der Waals surface area contributed by atoms with Crippen LogP contribution in [0, 0.1) is 0 Å². The summed E-state index contributed by atoms with van der Waals surface area (Å²) in [5.74, 6) is -0.974. The monoisotopic (exact) mass is 219 g/mol. The number of likely N-dealkylation sites (N-methyl/N-ethyl adjacent to an activating group) is 1. The fraction of sp³-hybridized carbons (Fsp3) is 0.900. The molecule has 15 heavy (non-hydrogen) atoms. The van der Waals surface area contributed by atoms with Gasteiger partial charge in [-0.1, -0.05) is 6.92 Å². The first-order valence-corrected chi connectivity index (χ1v) is 5.14. The fourth-order valence-electron chi connectivity index (χ4n) is 1.50. The van der Waals surface area contributed by atoms with Crippen LogP contribution < -0.4 is 0 Å². The third-order valence-electron chi connectivity index (χ3n) is 2.29. The van der Waals surface area contributed by atoms with Gasteiger partial charge in [-0.2, -0.15) is 0 Å². The van der Waals surface area contributed by atoms with Crippen LogP contribution >= 0.6 is 0 Å². The van der Waals surface area contributed by atoms with Gasteiger partial charge < -0.3 is 14.9 Å². The summed E-state index contributed by atoms with van der Waals surface area (Å²) in [6, 6.07) is 0.184. The van der Waals surface area contributed by atoms with Crippen molar-refractivity contribution in [3.8, 4) is 0 Å². The second-order valence-corrected chi connectivity index (χ2v) is 3.64. The smallest absolute Gasteiger partial charge is 0.306 e. The molecule has 0 aliphatic carbocycles. The summed E-state index contributed by atoms with van der Waals surface area (Å²) in [5.41, 5.74) is 0. The first-order chi connectivity index (χ1) is 7.01. The summed E-state index contributed by atoms with van der Waals surface area (Å²) < 4.78 is 5.01. The molecule has 2 atom stereocenters. The molecular formula is C10H21NO4. The average Bonchev–Trinajstić information content (AvgIpc) is 2.13. The molecular weight excluding hydrogens is 198 g/mol. The predicted molar refractivity (Wildman–Crippen MR) is 56.8 cm³/mol. The number of methoxy groups -OCH3 is 1. The van der Waals surface area contributed by atoms with E-state index in [9.17, 15) is 9.90 Å². The summed E-state index contributed by atoms with van der Waals surface area (Å²) in [5, 5.41) is 18.0. The summed E-state index contributed by atoms with van der Waals surface area (Å²) in [6.07, 6.45) is -1.03. The van der Waals surface area contributed by atoms with E-state index in [2.05, 4.69) is 0 Å². The van der Waals surface area contributed by atoms with Gasteiger partial charge in [0.1, 0.15) is 0 Å². The van der Waals surface area contributed by atoms with Crippen molar-refractivity contribution in [1.29, 1.82) is 0 Å². The van der Waals surface area contributed by atoms with E-state index in [1.165, 1.54) is 0 Å². The molecule has 0 bridgehead atoms. The number of ether oxygens (including phenoxy) is 1. The Kier molecular flexibility index (Phi) is 7.29. The second kappa shape index (κ2) is 7.62. The Hall–Kier alpha value is -0.650. The molecule has 0 heterocycles. The van der Waals surface area contributed by atoms with Crippen LogP contribution in [0.25, 0.3) is 0 Å². The Morgan fingerprint density at radius 2 is 2.13 bits per heavy atom. The lowest BCUT2D eigenvalue weighted by atomic mass is 10.2. The van der Waals surface area contributed by atoms with E-state index in [0.29, 0.717) is 13.2 Å². The van der Waals surface area contributed by atoms with Gasteiger partial charge in [-0.05, 0) is 13.5 Å². The van der Waals surface area contributed by atoms with Crippen molar-refractivity contribution in [3.05, 3.63) is 0 Å². The Labute approximate surface area is 90.6 Å². The van der Waals surface area contributed by atoms with E-state index in [1.54, 1.807) is 7.11 Å². The highest BCUT2D eigenvalue weighted by Crippen LogP contribution is 2.03. The van der Waals surface area contributed by atoms with Crippen LogP contribution in [0.2, 0.25) is 0 Å². The molecule has 0 aromatic rings. The molecule has 90 valence electrons. The van der Waals surface area contributed by atoms with E-state index < -0.39 is 12.1 Å². The normalized spacial score (nSPS) is 15.3. The Morgan fingerprint density at radius 1 is 1.53 bits per heavy atom. The fourth-order valence-corrected chi connectivity index (χ4v) is 1.50. The molecule has 0 rings (SSSR count). The van der Waals surface area contributed by atoms with Crippen molar-refractivity contribution >= 4 is 5.97 Å². The first-order valence-electron chi connectivity index (χ1n) is 5.14. The maximum Gasteiger partial charge on any atom is 0.306 e. The number of hydrogen-bond donors (Lipinski definition) is 2. The average molecular weight is 219 g/mol. The highest BCUT2D eigenvalue weighted by molar-refractivity contribution is 5.67. The van der Waals surface area contributed by atoms with Crippen molar-refractivity contribution in [1.82, 2.24) is 4.90 Å². The molecule has 0 radical (unpaired) electrons. The van der Waals surface area contributed by atoms with Gasteiger partial charge in [-0.15, -0.1) is 0 Å². The summed E-state index contributed by atoms with van der Waals surface area (Å²) in [4.78, 5) is 12.4. The van der Waals surface area contributed by atoms with Gasteiger partial charge in [0, 0.05) is 19.7 Å². The van der Waals surface area contributed by atoms with E-state index in [-0.39, 0.29) is 12.5 Å². The Morgan fingerprint density at radius 3 is 2.53 bits per heavy atom. The zero-order chi connectivity index (χ0) is 11.8. The number of carboxylic acids is 1. The van der Waals surface area contributed by atoms with Gasteiger partial charge in [0.15, 0.2) is 0 Å². The molecule has 5 nitrogen and oxygen atoms in total. The van der Waals surface area contributed by atoms with Crippen LogP contribution in [0.1, 0.15) is 20.3 Å². The molecule has 0 aliphatic rings. The van der Waals surface area contributed by atoms with Crippen molar-refractivity contribution in [3.63, 3.8) is 0 Å². The maximum atomic E-state index is 10.4. The van der Waals surface area contributed by atoms with Crippen molar-refractivity contribution < 1.29 is 19.7 Å². The van der Waals surface area contributed by atoms with Crippen LogP contribution in [-0.2, 0) is 9.53 Å². The van der Waals surface area contributed by atoms with E-state index in [4.69, 9.17) is 9.84 Å². The first kappa shape index (κ1) is 14.3. The van der Waals surface area contributed by atoms with Crippen LogP contribution in [0.5, 0.6) is 0 Å². The molecule has 0 saturated heterocycles. The minimum absolute atomic E-state index is 0.184. The lowest BCUT2D eigenvalue weighted by Gasteiger charge is -2.28. The van der Waals surface area contributed by atoms with Crippen LogP contribution in [0.15, 0.2) is 0 Å². The maximum absolute atomic E-state index is 10.4. The minimum atomic E-state index is -0.974. The summed E-state index contributed by atoms with van der Waals surface area (Å²) in [7, 11) is 1.62. The molecule has 0 amide bonds. The summed E-state index contributed by atoms with van der Waals surface area (Å²) >= 11 is 0. The Balaban J connectivity index is 4.01. The number of rotatable bonds is 8. The van der Waals surface area contributed by atoms with E-state index in [0.717, 1.165) is 6.54 Å². The molecule has 5 heteroatoms. The Bertz CT molecular complexity index is 186. The van der Waals surface area contributed by atoms with Gasteiger partial charge in [0.25, 0.3) is 0 Å². The third kappa shape index (κ3) is 6.43. The topological polar surface area (TPSA) is 70.0 Å². The molecule has 0 aromatic carbocycles. The van der Waals surface area contributed by atoms with E-state index >= 15 is 0 Å². The van der Waals surface area contributed by atoms with Crippen LogP contribution in [0.4, 0.5) is 0 Å². The SMILES string of the molecule is CCN(CC(O)CC(=O)O)C(C)COC. The molecule has 0 aliphatic heterocycles. The third-order valence-corrected chi connectivity index (χ3v) is 2.29. The quantitative estimate of drug-likeness (QED) is 0.609. The van der Waals surface area contributed by atoms with E-state index in [1.807, 2.05) is 18.7 Å². The lowest BCUT2D eigenvalue weighted by Crippen LogP contribution is -2.41. The van der Waals surface area contributed by atoms with Gasteiger partial charge in [-0.25, -0.2) is 0 Å². The zero-order valence-electron chi connectivity index (χ0n) is 9.64. The number of carbonyl (C=O) groups is 1. The number of aliphatic carboxylic acids is 1. The van der Waals surface area contributed by atoms with Crippen molar-refractivity contribution in [2.45, 2.75) is 32.4 Å². The van der Waals surface area contributed by atoms with Crippen LogP contribution in [0.3, 0.4) is 0 Å². The molecule has 2 unspecified atom stereocenters. The number of hydrogen-bond acceptors (Lipinski definition) is 4. The standard InChI is InChI=1S/C10H21NO4/c1-4-11(8(2)7-15-3)6-9(12)5-10(13)14/h8-9,12H,4-7H2,1-3H3,(H,13,14). The number of aliphatic hydroxyl groups excluding tert-OH is 1. The summed E-state index contributed by atoms with van der Waals surface area (Å²) in [6.45, 7) is 5.67. The lowest BCUT2D eigenvalue weighted by molar-refractivity contribution is -0.139. The molecule has 2 N–H and O–H groups in total. The minimum Gasteiger partial charge on any atom is -0.481 e. The molecule has 0 aromatic heterocycles. The largest absolute Gasteiger partial charge is 0.481 e. The van der Waals surface area contributed by atoms with Crippen molar-refractivity contribution in [2.75, 3.05) is 26.8 Å². The van der Waals surface area contributed by atoms with Gasteiger partial charge in [0.05, 0.1) is 19.1 Å². The predicted octanol–water partition coefficient (Wildman–Crippen LogP) is 0.179. The van der Waals surface area contributed by atoms with Gasteiger partial charge in [0.2, 0.25) is 0 Å². The number of carboxylic acid groups (broad SMARTS) is 1. The highest BCUT2D eigenvalue weighted by atomic mass is 16.5. The highest BCUT2D eigenvalue weighted by Gasteiger charge is 2.17. The molecule has 0 spiro atoms. The van der Waals surface area contributed by atoms with Crippen LogP contribution in [-0.4, -0.2) is 60.0 Å².